The van der Waals surface area contributed by atoms with Crippen molar-refractivity contribution < 1.29 is 22.3 Å². The lowest BCUT2D eigenvalue weighted by molar-refractivity contribution is -0.137. The van der Waals surface area contributed by atoms with Gasteiger partial charge in [0, 0.05) is 24.3 Å². The maximum Gasteiger partial charge on any atom is 0.416 e. The van der Waals surface area contributed by atoms with Crippen LogP contribution in [0.15, 0.2) is 55.5 Å². The molecule has 0 saturated heterocycles. The summed E-state index contributed by atoms with van der Waals surface area (Å²) in [5.41, 5.74) is 1.17. The zero-order chi connectivity index (χ0) is 24.2. The number of nitrogens with zero attached hydrogens (tertiary/aromatic N) is 3. The van der Waals surface area contributed by atoms with Crippen molar-refractivity contribution in [3.8, 4) is 11.4 Å². The van der Waals surface area contributed by atoms with Gasteiger partial charge in [0.2, 0.25) is 5.90 Å². The minimum atomic E-state index is -4.61. The fourth-order valence-corrected chi connectivity index (χ4v) is 3.17. The number of pyridine rings is 1. The Morgan fingerprint density at radius 2 is 1.85 bits per heavy atom. The van der Waals surface area contributed by atoms with E-state index in [0.29, 0.717) is 22.6 Å². The molecule has 3 aromatic rings. The molecule has 0 radical (unpaired) electrons. The molecule has 0 amide bonds. The molecule has 0 fully saturated rings. The summed E-state index contributed by atoms with van der Waals surface area (Å²) in [5, 5.41) is 10.7. The molecule has 1 aromatic carbocycles. The highest BCUT2D eigenvalue weighted by Crippen LogP contribution is 2.32. The largest absolute Gasteiger partial charge is 0.481 e. The van der Waals surface area contributed by atoms with E-state index in [9.17, 15) is 17.6 Å². The number of methoxy groups -OCH3 is 1. The highest BCUT2D eigenvalue weighted by molar-refractivity contribution is 5.91. The van der Waals surface area contributed by atoms with Crippen LogP contribution in [0.4, 0.5) is 17.6 Å². The standard InChI is InChI=1S/C23H21F4N5O/c1-13(17-8-15(11-24)9-18(10-17)23(25,26)27)32-14(2)20-21(30-7-6-29-20)19-5-4-16(12-31-19)22(28)33-3/h4-10,12,14,28,32H,1,11H2,2-3H3. The van der Waals surface area contributed by atoms with E-state index >= 15 is 0 Å². The van der Waals surface area contributed by atoms with Gasteiger partial charge in [-0.15, -0.1) is 0 Å². The van der Waals surface area contributed by atoms with E-state index in [-0.39, 0.29) is 22.7 Å². The SMILES string of the molecule is C=C(NC(C)c1nccnc1-c1ccc(C(=N)OC)cn1)c1cc(CF)cc(C(F)(F)F)c1. The number of ether oxygens (including phenoxy) is 1. The van der Waals surface area contributed by atoms with Crippen molar-refractivity contribution in [3.63, 3.8) is 0 Å². The highest BCUT2D eigenvalue weighted by atomic mass is 19.4. The lowest BCUT2D eigenvalue weighted by atomic mass is 10.0. The van der Waals surface area contributed by atoms with Crippen LogP contribution in [0, 0.1) is 5.41 Å². The Balaban J connectivity index is 1.88. The number of alkyl halides is 4. The van der Waals surface area contributed by atoms with Crippen molar-refractivity contribution >= 4 is 11.6 Å². The van der Waals surface area contributed by atoms with Gasteiger partial charge in [-0.05, 0) is 48.4 Å². The van der Waals surface area contributed by atoms with Crippen molar-refractivity contribution in [1.29, 1.82) is 5.41 Å². The first-order chi connectivity index (χ1) is 15.6. The van der Waals surface area contributed by atoms with Gasteiger partial charge >= 0.3 is 6.18 Å². The number of rotatable bonds is 7. The summed E-state index contributed by atoms with van der Waals surface area (Å²) in [5.74, 6) is -0.0338. The van der Waals surface area contributed by atoms with Gasteiger partial charge in [0.25, 0.3) is 0 Å². The van der Waals surface area contributed by atoms with Crippen molar-refractivity contribution in [2.45, 2.75) is 25.8 Å². The average Bonchev–Trinajstić information content (AvgIpc) is 2.82. The van der Waals surface area contributed by atoms with Crippen molar-refractivity contribution in [1.82, 2.24) is 20.3 Å². The quantitative estimate of drug-likeness (QED) is 0.284. The molecule has 1 unspecified atom stereocenters. The second kappa shape index (κ2) is 9.76. The number of hydrogen-bond donors (Lipinski definition) is 2. The zero-order valence-corrected chi connectivity index (χ0v) is 17.9. The van der Waals surface area contributed by atoms with E-state index in [4.69, 9.17) is 10.1 Å². The van der Waals surface area contributed by atoms with Gasteiger partial charge in [-0.25, -0.2) is 4.39 Å². The summed E-state index contributed by atoms with van der Waals surface area (Å²) in [6.45, 7) is 4.55. The minimum absolute atomic E-state index is 0.0338. The van der Waals surface area contributed by atoms with E-state index in [0.717, 1.165) is 12.1 Å². The van der Waals surface area contributed by atoms with Gasteiger partial charge < -0.3 is 10.1 Å². The molecule has 2 heterocycles. The fraction of sp³-hybridized carbons (Fsp3) is 0.217. The van der Waals surface area contributed by atoms with Crippen LogP contribution in [0.5, 0.6) is 0 Å². The molecule has 3 rings (SSSR count). The Labute approximate surface area is 187 Å². The van der Waals surface area contributed by atoms with Crippen molar-refractivity contribution in [2.75, 3.05) is 7.11 Å². The molecule has 6 nitrogen and oxygen atoms in total. The second-order valence-electron chi connectivity index (χ2n) is 7.15. The molecule has 172 valence electrons. The second-order valence-corrected chi connectivity index (χ2v) is 7.15. The molecule has 10 heteroatoms. The zero-order valence-electron chi connectivity index (χ0n) is 17.9. The molecule has 0 saturated carbocycles. The predicted molar refractivity (Wildman–Crippen MR) is 116 cm³/mol. The third kappa shape index (κ3) is 5.51. The van der Waals surface area contributed by atoms with Crippen LogP contribution >= 0.6 is 0 Å². The Morgan fingerprint density at radius 3 is 2.45 bits per heavy atom. The van der Waals surface area contributed by atoms with Gasteiger partial charge in [-0.1, -0.05) is 6.58 Å². The molecule has 0 aliphatic carbocycles. The van der Waals surface area contributed by atoms with Gasteiger partial charge in [-0.2, -0.15) is 13.2 Å². The van der Waals surface area contributed by atoms with Gasteiger partial charge in [0.1, 0.15) is 12.4 Å². The lowest BCUT2D eigenvalue weighted by Crippen LogP contribution is -2.19. The highest BCUT2D eigenvalue weighted by Gasteiger charge is 2.31. The Hall–Kier alpha value is -3.82. The fourth-order valence-electron chi connectivity index (χ4n) is 3.17. The Bertz CT molecular complexity index is 1160. The maximum atomic E-state index is 13.2. The number of halogens is 4. The molecule has 1 atom stereocenters. The predicted octanol–water partition coefficient (Wildman–Crippen LogP) is 5.32. The first-order valence-corrected chi connectivity index (χ1v) is 9.77. The van der Waals surface area contributed by atoms with Crippen LogP contribution in [0.3, 0.4) is 0 Å². The molecule has 2 aromatic heterocycles. The van der Waals surface area contributed by atoms with Crippen LogP contribution in [0.2, 0.25) is 0 Å². The smallest absolute Gasteiger partial charge is 0.416 e. The molecular formula is C23H21F4N5O. The van der Waals surface area contributed by atoms with Crippen LogP contribution in [-0.2, 0) is 17.6 Å². The van der Waals surface area contributed by atoms with Crippen LogP contribution in [0.1, 0.15) is 40.9 Å². The number of aromatic nitrogens is 3. The molecule has 0 bridgehead atoms. The van der Waals surface area contributed by atoms with Crippen LogP contribution in [-0.4, -0.2) is 28.0 Å². The molecule has 0 spiro atoms. The van der Waals surface area contributed by atoms with E-state index in [1.54, 1.807) is 19.1 Å². The first kappa shape index (κ1) is 23.8. The van der Waals surface area contributed by atoms with Gasteiger partial charge in [-0.3, -0.25) is 20.4 Å². The average molecular weight is 459 g/mol. The summed E-state index contributed by atoms with van der Waals surface area (Å²) in [6, 6.07) is 5.83. The molecule has 2 N–H and O–H groups in total. The summed E-state index contributed by atoms with van der Waals surface area (Å²) in [4.78, 5) is 13.0. The maximum absolute atomic E-state index is 13.2. The summed E-state index contributed by atoms with van der Waals surface area (Å²) >= 11 is 0. The van der Waals surface area contributed by atoms with Crippen LogP contribution < -0.4 is 5.32 Å². The third-order valence-electron chi connectivity index (χ3n) is 4.82. The van der Waals surface area contributed by atoms with E-state index < -0.39 is 24.5 Å². The number of hydrogen-bond acceptors (Lipinski definition) is 6. The normalized spacial score (nSPS) is 12.2. The van der Waals surface area contributed by atoms with Gasteiger partial charge in [0.05, 0.1) is 35.7 Å². The summed E-state index contributed by atoms with van der Waals surface area (Å²) < 4.78 is 57.6. The van der Waals surface area contributed by atoms with E-state index in [2.05, 4.69) is 26.8 Å². The summed E-state index contributed by atoms with van der Waals surface area (Å²) in [6.07, 6.45) is -0.160. The molecule has 0 aliphatic rings. The van der Waals surface area contributed by atoms with Crippen molar-refractivity contribution in [3.05, 3.63) is 83.4 Å². The lowest BCUT2D eigenvalue weighted by Gasteiger charge is -2.20. The van der Waals surface area contributed by atoms with Crippen molar-refractivity contribution in [2.24, 2.45) is 0 Å². The first-order valence-electron chi connectivity index (χ1n) is 9.77. The summed E-state index contributed by atoms with van der Waals surface area (Å²) in [7, 11) is 1.39. The number of nitrogens with one attached hydrogen (secondary N) is 2. The Morgan fingerprint density at radius 1 is 1.12 bits per heavy atom. The topological polar surface area (TPSA) is 83.8 Å². The Kier molecular flexibility index (Phi) is 7.05. The number of benzene rings is 1. The minimum Gasteiger partial charge on any atom is -0.481 e. The molecule has 33 heavy (non-hydrogen) atoms. The molecular weight excluding hydrogens is 438 g/mol. The van der Waals surface area contributed by atoms with Gasteiger partial charge in [0.15, 0.2) is 0 Å². The van der Waals surface area contributed by atoms with Crippen LogP contribution in [0.25, 0.3) is 17.1 Å². The monoisotopic (exact) mass is 459 g/mol. The van der Waals surface area contributed by atoms with E-state index in [1.807, 2.05) is 0 Å². The third-order valence-corrected chi connectivity index (χ3v) is 4.82. The van der Waals surface area contributed by atoms with E-state index in [1.165, 1.54) is 31.8 Å². The molecule has 0 aliphatic heterocycles.